The van der Waals surface area contributed by atoms with E-state index in [-0.39, 0.29) is 40.4 Å². The Morgan fingerprint density at radius 3 is 2.82 bits per heavy atom. The molecule has 1 saturated heterocycles. The Kier molecular flexibility index (Phi) is 5.33. The number of H-pyrrole nitrogens is 1. The SMILES string of the molecule is N#Cc1nccc2[nH]c(-c3cc4ccccc4nc3N3CCCC(F)(F)CC3)c(Br)c(=O)c12. The molecule has 0 unspecified atom stereocenters. The fraction of sp³-hybridized carbons (Fsp3) is 0.250. The number of fused-ring (bicyclic) bond motifs is 2. The summed E-state index contributed by atoms with van der Waals surface area (Å²) in [5, 5.41) is 10.4. The highest BCUT2D eigenvalue weighted by molar-refractivity contribution is 9.10. The second-order valence-corrected chi connectivity index (χ2v) is 8.88. The van der Waals surface area contributed by atoms with E-state index >= 15 is 0 Å². The third-order valence-electron chi connectivity index (χ3n) is 5.95. The van der Waals surface area contributed by atoms with Crippen molar-refractivity contribution in [3.8, 4) is 17.3 Å². The highest BCUT2D eigenvalue weighted by Gasteiger charge is 2.33. The van der Waals surface area contributed by atoms with Gasteiger partial charge in [0.25, 0.3) is 0 Å². The summed E-state index contributed by atoms with van der Waals surface area (Å²) in [5.41, 5.74) is 1.97. The molecule has 33 heavy (non-hydrogen) atoms. The van der Waals surface area contributed by atoms with E-state index in [1.54, 1.807) is 6.07 Å². The van der Waals surface area contributed by atoms with Crippen LogP contribution in [0, 0.1) is 11.3 Å². The van der Waals surface area contributed by atoms with Crippen molar-refractivity contribution in [2.24, 2.45) is 0 Å². The average Bonchev–Trinajstić information content (AvgIpc) is 3.00. The zero-order chi connectivity index (χ0) is 23.2. The molecular formula is C24H18BrF2N5O. The van der Waals surface area contributed by atoms with Crippen molar-refractivity contribution in [3.05, 3.63) is 63.0 Å². The number of para-hydroxylation sites is 1. The fourth-order valence-electron chi connectivity index (χ4n) is 4.29. The molecule has 9 heteroatoms. The molecule has 0 bridgehead atoms. The molecule has 6 nitrogen and oxygen atoms in total. The van der Waals surface area contributed by atoms with Gasteiger partial charge in [-0.1, -0.05) is 18.2 Å². The number of hydrogen-bond donors (Lipinski definition) is 1. The van der Waals surface area contributed by atoms with Crippen LogP contribution < -0.4 is 10.3 Å². The number of alkyl halides is 2. The molecule has 0 spiro atoms. The molecule has 0 atom stereocenters. The predicted molar refractivity (Wildman–Crippen MR) is 127 cm³/mol. The van der Waals surface area contributed by atoms with E-state index in [9.17, 15) is 18.8 Å². The van der Waals surface area contributed by atoms with Crippen molar-refractivity contribution in [1.29, 1.82) is 5.26 Å². The third kappa shape index (κ3) is 3.85. The van der Waals surface area contributed by atoms with Gasteiger partial charge in [-0.05, 0) is 40.5 Å². The van der Waals surface area contributed by atoms with Crippen LogP contribution in [0.15, 0.2) is 51.9 Å². The molecule has 3 aromatic heterocycles. The van der Waals surface area contributed by atoms with Gasteiger partial charge in [-0.3, -0.25) is 4.79 Å². The molecule has 1 N–H and O–H groups in total. The molecule has 1 aliphatic rings. The molecule has 1 aromatic carbocycles. The highest BCUT2D eigenvalue weighted by Crippen LogP contribution is 2.37. The molecule has 5 rings (SSSR count). The summed E-state index contributed by atoms with van der Waals surface area (Å²) in [6.07, 6.45) is 1.39. The van der Waals surface area contributed by atoms with Gasteiger partial charge in [-0.25, -0.2) is 18.7 Å². The number of nitrogens with zero attached hydrogens (tertiary/aromatic N) is 4. The summed E-state index contributed by atoms with van der Waals surface area (Å²) >= 11 is 3.41. The molecule has 0 saturated carbocycles. The first-order valence-corrected chi connectivity index (χ1v) is 11.3. The molecule has 0 aliphatic carbocycles. The standard InChI is InChI=1S/C24H18BrF2N5O/c25-20-21(30-17-6-9-29-18(13-28)19(17)22(20)33)15-12-14-4-1-2-5-16(14)31-23(15)32-10-3-7-24(26,27)8-11-32/h1-2,4-6,9,12H,3,7-8,10-11H2,(H,30,33). The molecule has 0 radical (unpaired) electrons. The minimum Gasteiger partial charge on any atom is -0.356 e. The number of hydrogen-bond acceptors (Lipinski definition) is 5. The van der Waals surface area contributed by atoms with Crippen molar-refractivity contribution in [3.63, 3.8) is 0 Å². The maximum Gasteiger partial charge on any atom is 0.249 e. The summed E-state index contributed by atoms with van der Waals surface area (Å²) in [6, 6.07) is 13.1. The summed E-state index contributed by atoms with van der Waals surface area (Å²) in [7, 11) is 0. The zero-order valence-corrected chi connectivity index (χ0v) is 19.0. The minimum atomic E-state index is -2.70. The van der Waals surface area contributed by atoms with Gasteiger partial charge >= 0.3 is 0 Å². The quantitative estimate of drug-likeness (QED) is 0.391. The zero-order valence-electron chi connectivity index (χ0n) is 17.4. The first-order valence-electron chi connectivity index (χ1n) is 10.5. The number of pyridine rings is 3. The van der Waals surface area contributed by atoms with E-state index in [2.05, 4.69) is 25.9 Å². The van der Waals surface area contributed by atoms with Gasteiger partial charge in [0.15, 0.2) is 5.69 Å². The van der Waals surface area contributed by atoms with Gasteiger partial charge in [-0.15, -0.1) is 0 Å². The summed E-state index contributed by atoms with van der Waals surface area (Å²) in [4.78, 5) is 27.1. The number of nitriles is 1. The summed E-state index contributed by atoms with van der Waals surface area (Å²) in [6.45, 7) is 0.592. The molecule has 1 fully saturated rings. The lowest BCUT2D eigenvalue weighted by molar-refractivity contribution is -0.0102. The molecule has 1 aliphatic heterocycles. The van der Waals surface area contributed by atoms with E-state index in [0.717, 1.165) is 10.9 Å². The van der Waals surface area contributed by atoms with Gasteiger partial charge in [0.1, 0.15) is 11.9 Å². The minimum absolute atomic E-state index is 0.0348. The van der Waals surface area contributed by atoms with E-state index < -0.39 is 5.92 Å². The Hall–Kier alpha value is -3.38. The Balaban J connectivity index is 1.77. The second-order valence-electron chi connectivity index (χ2n) is 8.09. The van der Waals surface area contributed by atoms with Crippen LogP contribution >= 0.6 is 15.9 Å². The van der Waals surface area contributed by atoms with E-state index in [4.69, 9.17) is 4.98 Å². The summed E-state index contributed by atoms with van der Waals surface area (Å²) < 4.78 is 28.4. The van der Waals surface area contributed by atoms with E-state index in [1.165, 1.54) is 6.20 Å². The van der Waals surface area contributed by atoms with Crippen molar-refractivity contribution in [1.82, 2.24) is 15.0 Å². The van der Waals surface area contributed by atoms with Crippen molar-refractivity contribution in [2.45, 2.75) is 25.2 Å². The topological polar surface area (TPSA) is 85.7 Å². The smallest absolute Gasteiger partial charge is 0.249 e. The molecular weight excluding hydrogens is 492 g/mol. The Bertz CT molecular complexity index is 1490. The van der Waals surface area contributed by atoms with E-state index in [0.29, 0.717) is 35.6 Å². The maximum absolute atomic E-state index is 14.1. The largest absolute Gasteiger partial charge is 0.356 e. The van der Waals surface area contributed by atoms with Crippen LogP contribution in [0.4, 0.5) is 14.6 Å². The number of anilines is 1. The van der Waals surface area contributed by atoms with Crippen LogP contribution in [0.5, 0.6) is 0 Å². The monoisotopic (exact) mass is 509 g/mol. The lowest BCUT2D eigenvalue weighted by atomic mass is 10.1. The normalized spacial score (nSPS) is 16.0. The first kappa shape index (κ1) is 21.5. The Labute approximate surface area is 196 Å². The van der Waals surface area contributed by atoms with Gasteiger partial charge in [0, 0.05) is 43.1 Å². The van der Waals surface area contributed by atoms with Crippen LogP contribution in [-0.2, 0) is 0 Å². The third-order valence-corrected chi connectivity index (χ3v) is 6.71. The molecule has 4 aromatic rings. The van der Waals surface area contributed by atoms with Crippen LogP contribution in [-0.4, -0.2) is 34.0 Å². The number of nitrogens with one attached hydrogen (secondary N) is 1. The fourth-order valence-corrected chi connectivity index (χ4v) is 4.80. The van der Waals surface area contributed by atoms with Crippen LogP contribution in [0.2, 0.25) is 0 Å². The number of aromatic nitrogens is 3. The van der Waals surface area contributed by atoms with Crippen LogP contribution in [0.25, 0.3) is 33.1 Å². The number of rotatable bonds is 2. The van der Waals surface area contributed by atoms with Gasteiger partial charge in [0.2, 0.25) is 11.4 Å². The molecule has 4 heterocycles. The molecule has 0 amide bonds. The van der Waals surface area contributed by atoms with E-state index in [1.807, 2.05) is 41.3 Å². The summed E-state index contributed by atoms with van der Waals surface area (Å²) in [5.74, 6) is -2.17. The second kappa shape index (κ2) is 8.19. The lowest BCUT2D eigenvalue weighted by Crippen LogP contribution is -2.27. The average molecular weight is 510 g/mol. The lowest BCUT2D eigenvalue weighted by Gasteiger charge is -2.25. The van der Waals surface area contributed by atoms with Gasteiger partial charge in [-0.2, -0.15) is 5.26 Å². The highest BCUT2D eigenvalue weighted by atomic mass is 79.9. The van der Waals surface area contributed by atoms with Crippen molar-refractivity contribution < 1.29 is 8.78 Å². The van der Waals surface area contributed by atoms with Crippen molar-refractivity contribution in [2.75, 3.05) is 18.0 Å². The maximum atomic E-state index is 14.1. The van der Waals surface area contributed by atoms with Crippen LogP contribution in [0.3, 0.4) is 0 Å². The van der Waals surface area contributed by atoms with Gasteiger partial charge in [0.05, 0.1) is 26.6 Å². The Morgan fingerprint density at radius 2 is 2.00 bits per heavy atom. The first-order chi connectivity index (χ1) is 15.9. The van der Waals surface area contributed by atoms with Gasteiger partial charge < -0.3 is 9.88 Å². The van der Waals surface area contributed by atoms with Crippen LogP contribution in [0.1, 0.15) is 25.0 Å². The molecule has 166 valence electrons. The Morgan fingerprint density at radius 1 is 1.18 bits per heavy atom. The number of benzene rings is 1. The number of halogens is 3. The predicted octanol–water partition coefficient (Wildman–Crippen LogP) is 5.40. The number of aromatic amines is 1. The van der Waals surface area contributed by atoms with Crippen molar-refractivity contribution >= 4 is 43.6 Å².